The summed E-state index contributed by atoms with van der Waals surface area (Å²) in [6.45, 7) is 8.99. The quantitative estimate of drug-likeness (QED) is 0.815. The topological polar surface area (TPSA) is 16.1 Å². The van der Waals surface area contributed by atoms with E-state index < -0.39 is 0 Å². The molecule has 0 aromatic carbocycles. The van der Waals surface area contributed by atoms with Crippen LogP contribution >= 0.6 is 15.9 Å². The van der Waals surface area contributed by atoms with E-state index >= 15 is 0 Å². The van der Waals surface area contributed by atoms with Gasteiger partial charge in [0.1, 0.15) is 0 Å². The van der Waals surface area contributed by atoms with Crippen molar-refractivity contribution in [1.29, 1.82) is 0 Å². The molecule has 2 nitrogen and oxygen atoms in total. The summed E-state index contributed by atoms with van der Waals surface area (Å²) in [5.41, 5.74) is 1.41. The van der Waals surface area contributed by atoms with Gasteiger partial charge in [0.05, 0.1) is 11.9 Å². The monoisotopic (exact) mass is 270 g/mol. The van der Waals surface area contributed by atoms with Crippen molar-refractivity contribution in [2.75, 3.05) is 11.9 Å². The van der Waals surface area contributed by atoms with Gasteiger partial charge >= 0.3 is 0 Å². The molecule has 0 spiro atoms. The fourth-order valence-electron chi connectivity index (χ4n) is 1.40. The molecule has 84 valence electrons. The zero-order valence-electron chi connectivity index (χ0n) is 10.1. The lowest BCUT2D eigenvalue weighted by atomic mass is 9.87. The molecule has 3 heteroatoms. The first-order valence-electron chi connectivity index (χ1n) is 5.16. The molecular weight excluding hydrogens is 252 g/mol. The number of halogens is 1. The van der Waals surface area contributed by atoms with Gasteiger partial charge in [0, 0.05) is 23.8 Å². The van der Waals surface area contributed by atoms with Gasteiger partial charge in [-0.25, -0.2) is 0 Å². The second-order valence-corrected chi connectivity index (χ2v) is 5.93. The summed E-state index contributed by atoms with van der Waals surface area (Å²) in [6, 6.07) is 2.56. The van der Waals surface area contributed by atoms with E-state index in [1.54, 1.807) is 6.20 Å². The zero-order valence-corrected chi connectivity index (χ0v) is 11.7. The fraction of sp³-hybridized carbons (Fsp3) is 0.583. The molecule has 0 aliphatic rings. The summed E-state index contributed by atoms with van der Waals surface area (Å²) in [5.74, 6) is 0. The minimum atomic E-state index is 0.261. The lowest BCUT2D eigenvalue weighted by Crippen LogP contribution is -2.39. The highest BCUT2D eigenvalue weighted by atomic mass is 79.9. The van der Waals surface area contributed by atoms with Crippen LogP contribution in [-0.4, -0.2) is 18.1 Å². The molecule has 1 aromatic rings. The third kappa shape index (κ3) is 3.20. The van der Waals surface area contributed by atoms with E-state index in [0.717, 1.165) is 10.2 Å². The summed E-state index contributed by atoms with van der Waals surface area (Å²) in [5, 5.41) is 0. The molecule has 0 saturated carbocycles. The van der Waals surface area contributed by atoms with Crippen LogP contribution < -0.4 is 4.90 Å². The molecule has 1 aromatic heterocycles. The molecule has 1 heterocycles. The predicted octanol–water partition coefficient (Wildman–Crippen LogP) is 3.71. The molecule has 0 bridgehead atoms. The van der Waals surface area contributed by atoms with Gasteiger partial charge in [0.2, 0.25) is 0 Å². The van der Waals surface area contributed by atoms with Crippen LogP contribution in [0.1, 0.15) is 27.7 Å². The lowest BCUT2D eigenvalue weighted by Gasteiger charge is -2.36. The van der Waals surface area contributed by atoms with E-state index in [0.29, 0.717) is 6.04 Å². The summed E-state index contributed by atoms with van der Waals surface area (Å²) < 4.78 is 1.02. The first-order valence-corrected chi connectivity index (χ1v) is 5.95. The predicted molar refractivity (Wildman–Crippen MR) is 69.3 cm³/mol. The number of aromatic nitrogens is 1. The Labute approximate surface area is 101 Å². The van der Waals surface area contributed by atoms with Crippen LogP contribution in [0.5, 0.6) is 0 Å². The number of hydrogen-bond donors (Lipinski definition) is 0. The minimum Gasteiger partial charge on any atom is -0.370 e. The Hall–Kier alpha value is -0.570. The maximum atomic E-state index is 4.18. The highest BCUT2D eigenvalue weighted by Crippen LogP contribution is 2.27. The average molecular weight is 271 g/mol. The molecule has 0 aliphatic carbocycles. The van der Waals surface area contributed by atoms with Gasteiger partial charge in [-0.05, 0) is 34.3 Å². The highest BCUT2D eigenvalue weighted by molar-refractivity contribution is 9.10. The Kier molecular flexibility index (Phi) is 3.77. The summed E-state index contributed by atoms with van der Waals surface area (Å²) in [7, 11) is 2.11. The van der Waals surface area contributed by atoms with E-state index in [2.05, 4.69) is 66.6 Å². The summed E-state index contributed by atoms with van der Waals surface area (Å²) in [4.78, 5) is 6.44. The highest BCUT2D eigenvalue weighted by Gasteiger charge is 2.24. The number of anilines is 1. The molecule has 0 saturated heterocycles. The minimum absolute atomic E-state index is 0.261. The van der Waals surface area contributed by atoms with Crippen LogP contribution in [0.15, 0.2) is 22.9 Å². The Morgan fingerprint density at radius 1 is 1.33 bits per heavy atom. The van der Waals surface area contributed by atoms with Crippen molar-refractivity contribution < 1.29 is 0 Å². The molecule has 0 amide bonds. The summed E-state index contributed by atoms with van der Waals surface area (Å²) in [6.07, 6.45) is 3.70. The van der Waals surface area contributed by atoms with Gasteiger partial charge in [-0.15, -0.1) is 0 Å². The first kappa shape index (κ1) is 12.5. The number of hydrogen-bond acceptors (Lipinski definition) is 2. The Bertz CT molecular complexity index is 331. The van der Waals surface area contributed by atoms with Gasteiger partial charge in [0.15, 0.2) is 0 Å². The molecule has 15 heavy (non-hydrogen) atoms. The van der Waals surface area contributed by atoms with Crippen molar-refractivity contribution in [2.24, 2.45) is 5.41 Å². The molecule has 0 radical (unpaired) electrons. The largest absolute Gasteiger partial charge is 0.370 e. The van der Waals surface area contributed by atoms with E-state index in [9.17, 15) is 0 Å². The smallest absolute Gasteiger partial charge is 0.0564 e. The van der Waals surface area contributed by atoms with Gasteiger partial charge in [-0.2, -0.15) is 0 Å². The van der Waals surface area contributed by atoms with Crippen LogP contribution in [0.25, 0.3) is 0 Å². The van der Waals surface area contributed by atoms with Crippen molar-refractivity contribution in [2.45, 2.75) is 33.7 Å². The van der Waals surface area contributed by atoms with Crippen molar-refractivity contribution in [1.82, 2.24) is 4.98 Å². The molecule has 0 aliphatic heterocycles. The molecular formula is C12H19BrN2. The van der Waals surface area contributed by atoms with E-state index in [-0.39, 0.29) is 5.41 Å². The Balaban J connectivity index is 2.90. The average Bonchev–Trinajstić information content (AvgIpc) is 2.14. The molecule has 1 unspecified atom stereocenters. The molecule has 0 N–H and O–H groups in total. The zero-order chi connectivity index (χ0) is 11.6. The molecule has 1 atom stereocenters. The third-order valence-electron chi connectivity index (χ3n) is 2.93. The van der Waals surface area contributed by atoms with Gasteiger partial charge < -0.3 is 4.90 Å². The van der Waals surface area contributed by atoms with Crippen molar-refractivity contribution in [3.63, 3.8) is 0 Å². The summed E-state index contributed by atoms with van der Waals surface area (Å²) >= 11 is 3.44. The van der Waals surface area contributed by atoms with Crippen molar-refractivity contribution >= 4 is 21.6 Å². The van der Waals surface area contributed by atoms with Crippen LogP contribution in [0.3, 0.4) is 0 Å². The number of rotatable bonds is 2. The first-order chi connectivity index (χ1) is 6.82. The Morgan fingerprint density at radius 2 is 1.93 bits per heavy atom. The normalized spacial score (nSPS) is 13.7. The van der Waals surface area contributed by atoms with Gasteiger partial charge in [-0.1, -0.05) is 20.8 Å². The number of nitrogens with zero attached hydrogens (tertiary/aromatic N) is 2. The van der Waals surface area contributed by atoms with Crippen molar-refractivity contribution in [3.05, 3.63) is 22.9 Å². The number of pyridine rings is 1. The lowest BCUT2D eigenvalue weighted by molar-refractivity contribution is 0.329. The Morgan fingerprint density at radius 3 is 2.40 bits per heavy atom. The van der Waals surface area contributed by atoms with Crippen LogP contribution in [0.4, 0.5) is 5.69 Å². The van der Waals surface area contributed by atoms with Crippen LogP contribution in [0, 0.1) is 5.41 Å². The second kappa shape index (κ2) is 4.52. The van der Waals surface area contributed by atoms with Crippen LogP contribution in [0.2, 0.25) is 0 Å². The maximum Gasteiger partial charge on any atom is 0.0564 e. The maximum absolute atomic E-state index is 4.18. The molecule has 1 rings (SSSR count). The standard InChI is InChI=1S/C12H19BrN2/c1-9(12(2,3)4)15(5)11-6-10(13)7-14-8-11/h6-9H,1-5H3. The SMILES string of the molecule is CC(N(C)c1cncc(Br)c1)C(C)(C)C. The molecule has 0 fully saturated rings. The van der Waals surface area contributed by atoms with E-state index in [1.807, 2.05) is 6.20 Å². The third-order valence-corrected chi connectivity index (χ3v) is 3.37. The second-order valence-electron chi connectivity index (χ2n) is 5.01. The van der Waals surface area contributed by atoms with Gasteiger partial charge in [-0.3, -0.25) is 4.98 Å². The fourth-order valence-corrected chi connectivity index (χ4v) is 1.75. The van der Waals surface area contributed by atoms with Crippen molar-refractivity contribution in [3.8, 4) is 0 Å². The van der Waals surface area contributed by atoms with E-state index in [4.69, 9.17) is 0 Å². The van der Waals surface area contributed by atoms with E-state index in [1.165, 1.54) is 0 Å². The van der Waals surface area contributed by atoms with Crippen LogP contribution in [-0.2, 0) is 0 Å². The van der Waals surface area contributed by atoms with Gasteiger partial charge in [0.25, 0.3) is 0 Å².